The Kier molecular flexibility index (Phi) is 3.81. The van der Waals surface area contributed by atoms with E-state index < -0.39 is 17.1 Å². The molecule has 0 saturated carbocycles. The van der Waals surface area contributed by atoms with Crippen LogP contribution >= 0.6 is 0 Å². The minimum atomic E-state index is -2.73. The van der Waals surface area contributed by atoms with Crippen LogP contribution in [0.15, 0.2) is 0 Å². The zero-order valence-corrected chi connectivity index (χ0v) is 6.43. The molecule has 1 atom stereocenters. The standard InChI is InChI=1S/C5H11O3S/c1-4(2)5(3)8-9(6)7/h4-5,9H,3H2,1-2H3. The van der Waals surface area contributed by atoms with E-state index in [-0.39, 0.29) is 5.92 Å². The van der Waals surface area contributed by atoms with Crippen LogP contribution in [0.25, 0.3) is 0 Å². The van der Waals surface area contributed by atoms with Crippen LogP contribution in [-0.4, -0.2) is 14.5 Å². The van der Waals surface area contributed by atoms with Gasteiger partial charge in [-0.2, -0.15) is 0 Å². The summed E-state index contributed by atoms with van der Waals surface area (Å²) >= 11 is 0. The molecule has 3 nitrogen and oxygen atoms in total. The Morgan fingerprint density at radius 3 is 2.00 bits per heavy atom. The Labute approximate surface area is 57.2 Å². The fourth-order valence-corrected chi connectivity index (χ4v) is 0.697. The third kappa shape index (κ3) is 4.42. The summed E-state index contributed by atoms with van der Waals surface area (Å²) in [5.74, 6) is 0.137. The van der Waals surface area contributed by atoms with Gasteiger partial charge in [0.2, 0.25) is 0 Å². The molecule has 4 heteroatoms. The molecule has 0 aromatic carbocycles. The highest BCUT2D eigenvalue weighted by atomic mass is 32.2. The topological polar surface area (TPSA) is 43.4 Å². The van der Waals surface area contributed by atoms with Gasteiger partial charge in [0.05, 0.1) is 6.10 Å². The van der Waals surface area contributed by atoms with Crippen molar-refractivity contribution in [2.45, 2.75) is 20.0 Å². The molecule has 55 valence electrons. The average Bonchev–Trinajstić information content (AvgIpc) is 1.63. The van der Waals surface area contributed by atoms with E-state index in [1.807, 2.05) is 13.8 Å². The number of rotatable bonds is 3. The lowest BCUT2D eigenvalue weighted by Gasteiger charge is -2.10. The van der Waals surface area contributed by atoms with Crippen molar-refractivity contribution in [2.75, 3.05) is 0 Å². The molecule has 1 unspecified atom stereocenters. The summed E-state index contributed by atoms with van der Waals surface area (Å²) in [7, 11) is -2.73. The lowest BCUT2D eigenvalue weighted by molar-refractivity contribution is 0.211. The van der Waals surface area contributed by atoms with Gasteiger partial charge in [-0.25, -0.2) is 8.42 Å². The minimum absolute atomic E-state index is 0.137. The van der Waals surface area contributed by atoms with Crippen molar-refractivity contribution < 1.29 is 12.6 Å². The first-order valence-corrected chi connectivity index (χ1v) is 3.78. The molecule has 0 aliphatic carbocycles. The molecule has 0 rings (SSSR count). The third-order valence-corrected chi connectivity index (χ3v) is 1.41. The van der Waals surface area contributed by atoms with Crippen LogP contribution in [0, 0.1) is 12.8 Å². The summed E-state index contributed by atoms with van der Waals surface area (Å²) in [4.78, 5) is 0. The fraction of sp³-hybridized carbons (Fsp3) is 0.800. The highest BCUT2D eigenvalue weighted by Gasteiger charge is 2.07. The van der Waals surface area contributed by atoms with E-state index in [4.69, 9.17) is 0 Å². The summed E-state index contributed by atoms with van der Waals surface area (Å²) < 4.78 is 24.1. The molecule has 0 bridgehead atoms. The van der Waals surface area contributed by atoms with Crippen molar-refractivity contribution in [1.82, 2.24) is 0 Å². The Hall–Kier alpha value is -0.0900. The highest BCUT2D eigenvalue weighted by molar-refractivity contribution is 7.67. The van der Waals surface area contributed by atoms with E-state index in [0.29, 0.717) is 0 Å². The molecule has 0 aromatic rings. The molecule has 0 spiro atoms. The lowest BCUT2D eigenvalue weighted by atomic mass is 10.1. The first-order valence-electron chi connectivity index (χ1n) is 2.68. The quantitative estimate of drug-likeness (QED) is 0.593. The summed E-state index contributed by atoms with van der Waals surface area (Å²) in [6.07, 6.45) is -0.453. The predicted molar refractivity (Wildman–Crippen MR) is 35.4 cm³/mol. The zero-order chi connectivity index (χ0) is 7.44. The van der Waals surface area contributed by atoms with E-state index in [1.165, 1.54) is 0 Å². The van der Waals surface area contributed by atoms with Gasteiger partial charge in [-0.3, -0.25) is 4.18 Å². The normalized spacial score (nSPS) is 14.8. The van der Waals surface area contributed by atoms with Gasteiger partial charge in [0.15, 0.2) is 0 Å². The van der Waals surface area contributed by atoms with Crippen LogP contribution in [0.1, 0.15) is 13.8 Å². The Balaban J connectivity index is 3.63. The van der Waals surface area contributed by atoms with E-state index in [2.05, 4.69) is 11.1 Å². The maximum absolute atomic E-state index is 9.89. The molecule has 0 aliphatic heterocycles. The van der Waals surface area contributed by atoms with Crippen molar-refractivity contribution in [3.8, 4) is 0 Å². The van der Waals surface area contributed by atoms with Crippen LogP contribution in [-0.2, 0) is 15.2 Å². The zero-order valence-electron chi connectivity index (χ0n) is 5.53. The molecule has 1 radical (unpaired) electrons. The van der Waals surface area contributed by atoms with E-state index in [0.717, 1.165) is 0 Å². The second-order valence-electron chi connectivity index (χ2n) is 2.11. The minimum Gasteiger partial charge on any atom is -0.269 e. The highest BCUT2D eigenvalue weighted by Crippen LogP contribution is 2.03. The maximum atomic E-state index is 9.89. The second kappa shape index (κ2) is 3.85. The van der Waals surface area contributed by atoms with Gasteiger partial charge in [0.1, 0.15) is 0 Å². The molecule has 0 aromatic heterocycles. The van der Waals surface area contributed by atoms with Crippen molar-refractivity contribution in [3.05, 3.63) is 6.92 Å². The summed E-state index contributed by atoms with van der Waals surface area (Å²) in [6, 6.07) is 0. The lowest BCUT2D eigenvalue weighted by Crippen LogP contribution is -2.14. The SMILES string of the molecule is [CH2]C(O[SH](=O)=O)C(C)C. The maximum Gasteiger partial charge on any atom is 0.257 e. The van der Waals surface area contributed by atoms with Gasteiger partial charge < -0.3 is 0 Å². The molecule has 0 amide bonds. The van der Waals surface area contributed by atoms with E-state index >= 15 is 0 Å². The van der Waals surface area contributed by atoms with Crippen LogP contribution in [0.3, 0.4) is 0 Å². The van der Waals surface area contributed by atoms with Gasteiger partial charge in [-0.15, -0.1) is 0 Å². The predicted octanol–water partition coefficient (Wildman–Crippen LogP) is 0.388. The molecule has 0 heterocycles. The Morgan fingerprint density at radius 1 is 1.44 bits per heavy atom. The largest absolute Gasteiger partial charge is 0.269 e. The molecule has 0 saturated heterocycles. The van der Waals surface area contributed by atoms with Gasteiger partial charge in [-0.05, 0) is 12.8 Å². The number of hydrogen-bond acceptors (Lipinski definition) is 3. The Morgan fingerprint density at radius 2 is 1.89 bits per heavy atom. The fourth-order valence-electron chi connectivity index (χ4n) is 0.232. The van der Waals surface area contributed by atoms with Crippen molar-refractivity contribution in [1.29, 1.82) is 0 Å². The van der Waals surface area contributed by atoms with Gasteiger partial charge >= 0.3 is 0 Å². The first kappa shape index (κ1) is 8.91. The Bertz CT molecular complexity index is 131. The monoisotopic (exact) mass is 151 g/mol. The summed E-state index contributed by atoms with van der Waals surface area (Å²) in [5.41, 5.74) is 0. The smallest absolute Gasteiger partial charge is 0.257 e. The van der Waals surface area contributed by atoms with E-state index in [1.54, 1.807) is 0 Å². The molecule has 0 N–H and O–H groups in total. The van der Waals surface area contributed by atoms with Gasteiger partial charge in [-0.1, -0.05) is 13.8 Å². The summed E-state index contributed by atoms with van der Waals surface area (Å²) in [5, 5.41) is 0. The van der Waals surface area contributed by atoms with Crippen LogP contribution in [0.2, 0.25) is 0 Å². The van der Waals surface area contributed by atoms with Crippen molar-refractivity contribution in [2.24, 2.45) is 5.92 Å². The van der Waals surface area contributed by atoms with Crippen molar-refractivity contribution in [3.63, 3.8) is 0 Å². The summed E-state index contributed by atoms with van der Waals surface area (Å²) in [6.45, 7) is 7.16. The van der Waals surface area contributed by atoms with Crippen LogP contribution in [0.4, 0.5) is 0 Å². The molecule has 0 fully saturated rings. The first-order chi connectivity index (χ1) is 4.04. The van der Waals surface area contributed by atoms with Gasteiger partial charge in [0.25, 0.3) is 11.0 Å². The number of thiol groups is 1. The second-order valence-corrected chi connectivity index (χ2v) is 2.77. The average molecular weight is 151 g/mol. The van der Waals surface area contributed by atoms with Gasteiger partial charge in [0, 0.05) is 0 Å². The molecule has 0 aliphatic rings. The molecular weight excluding hydrogens is 140 g/mol. The third-order valence-electron chi connectivity index (χ3n) is 0.965. The molecular formula is C5H11O3S. The number of hydrogen-bond donors (Lipinski definition) is 1. The van der Waals surface area contributed by atoms with E-state index in [9.17, 15) is 8.42 Å². The van der Waals surface area contributed by atoms with Crippen LogP contribution < -0.4 is 0 Å². The molecule has 9 heavy (non-hydrogen) atoms. The van der Waals surface area contributed by atoms with Crippen molar-refractivity contribution >= 4 is 11.0 Å². The van der Waals surface area contributed by atoms with Crippen LogP contribution in [0.5, 0.6) is 0 Å².